The summed E-state index contributed by atoms with van der Waals surface area (Å²) in [7, 11) is 1.29. The molecular weight excluding hydrogens is 487 g/mol. The molecular formula is C26H22BrFN2O3. The number of amides is 1. The number of aryl methyl sites for hydroxylation is 1. The molecule has 33 heavy (non-hydrogen) atoms. The van der Waals surface area contributed by atoms with Crippen LogP contribution in [0.4, 0.5) is 10.1 Å². The van der Waals surface area contributed by atoms with Gasteiger partial charge >= 0.3 is 5.97 Å². The van der Waals surface area contributed by atoms with Gasteiger partial charge in [-0.1, -0.05) is 28.1 Å². The molecule has 0 radical (unpaired) electrons. The molecule has 2 heterocycles. The molecule has 1 aliphatic heterocycles. The lowest BCUT2D eigenvalue weighted by Crippen LogP contribution is -2.24. The van der Waals surface area contributed by atoms with E-state index in [0.717, 1.165) is 15.9 Å². The van der Waals surface area contributed by atoms with E-state index in [9.17, 15) is 14.0 Å². The van der Waals surface area contributed by atoms with Gasteiger partial charge in [0.25, 0.3) is 5.91 Å². The molecule has 0 fully saturated rings. The van der Waals surface area contributed by atoms with Crippen molar-refractivity contribution < 1.29 is 18.7 Å². The monoisotopic (exact) mass is 508 g/mol. The van der Waals surface area contributed by atoms with Crippen LogP contribution >= 0.6 is 15.9 Å². The zero-order valence-corrected chi connectivity index (χ0v) is 20.2. The highest BCUT2D eigenvalue weighted by molar-refractivity contribution is 9.10. The van der Waals surface area contributed by atoms with Crippen molar-refractivity contribution in [3.05, 3.63) is 98.7 Å². The third-order valence-electron chi connectivity index (χ3n) is 5.74. The summed E-state index contributed by atoms with van der Waals surface area (Å²) in [5.41, 5.74) is 4.27. The van der Waals surface area contributed by atoms with Gasteiger partial charge in [-0.05, 0) is 74.9 Å². The molecule has 0 bridgehead atoms. The average molecular weight is 509 g/mol. The van der Waals surface area contributed by atoms with Crippen LogP contribution in [0.15, 0.2) is 75.9 Å². The van der Waals surface area contributed by atoms with Gasteiger partial charge in [0.2, 0.25) is 0 Å². The maximum Gasteiger partial charge on any atom is 0.340 e. The predicted molar refractivity (Wildman–Crippen MR) is 130 cm³/mol. The van der Waals surface area contributed by atoms with E-state index in [-0.39, 0.29) is 22.9 Å². The van der Waals surface area contributed by atoms with E-state index in [1.807, 2.05) is 32.0 Å². The van der Waals surface area contributed by atoms with Crippen LogP contribution in [0, 0.1) is 19.7 Å². The molecule has 168 valence electrons. The summed E-state index contributed by atoms with van der Waals surface area (Å²) < 4.78 is 22.1. The molecule has 1 amide bonds. The zero-order chi connectivity index (χ0) is 23.9. The maximum absolute atomic E-state index is 14.5. The SMILES string of the molecule is COC(=O)C1=C(C)N(c2ccc(Br)cc2)C(=O)/C1=C\c1cc(C)n(-c2ccccc2F)c1C. The van der Waals surface area contributed by atoms with Crippen LogP contribution < -0.4 is 4.90 Å². The van der Waals surface area contributed by atoms with E-state index in [2.05, 4.69) is 15.9 Å². The highest BCUT2D eigenvalue weighted by Crippen LogP contribution is 2.36. The van der Waals surface area contributed by atoms with Crippen molar-refractivity contribution in [2.24, 2.45) is 0 Å². The van der Waals surface area contributed by atoms with Crippen molar-refractivity contribution in [3.63, 3.8) is 0 Å². The highest BCUT2D eigenvalue weighted by atomic mass is 79.9. The third kappa shape index (κ3) is 3.93. The molecule has 0 N–H and O–H groups in total. The van der Waals surface area contributed by atoms with Crippen LogP contribution in [0.3, 0.4) is 0 Å². The minimum Gasteiger partial charge on any atom is -0.465 e. The van der Waals surface area contributed by atoms with Gasteiger partial charge in [0.1, 0.15) is 5.82 Å². The van der Waals surface area contributed by atoms with Crippen LogP contribution in [-0.2, 0) is 14.3 Å². The number of hydrogen-bond donors (Lipinski definition) is 0. The number of nitrogens with zero attached hydrogens (tertiary/aromatic N) is 2. The Balaban J connectivity index is 1.86. The van der Waals surface area contributed by atoms with Gasteiger partial charge in [-0.2, -0.15) is 0 Å². The van der Waals surface area contributed by atoms with Crippen molar-refractivity contribution in [2.75, 3.05) is 12.0 Å². The average Bonchev–Trinajstić information content (AvgIpc) is 3.20. The first-order chi connectivity index (χ1) is 15.7. The van der Waals surface area contributed by atoms with E-state index in [4.69, 9.17) is 4.74 Å². The summed E-state index contributed by atoms with van der Waals surface area (Å²) in [5, 5.41) is 0. The summed E-state index contributed by atoms with van der Waals surface area (Å²) in [6, 6.07) is 15.6. The molecule has 0 aliphatic carbocycles. The Bertz CT molecular complexity index is 1340. The zero-order valence-electron chi connectivity index (χ0n) is 18.6. The van der Waals surface area contributed by atoms with Crippen molar-refractivity contribution in [2.45, 2.75) is 20.8 Å². The highest BCUT2D eigenvalue weighted by Gasteiger charge is 2.38. The number of hydrogen-bond acceptors (Lipinski definition) is 3. The quantitative estimate of drug-likeness (QED) is 0.327. The summed E-state index contributed by atoms with van der Waals surface area (Å²) >= 11 is 3.40. The van der Waals surface area contributed by atoms with Crippen LogP contribution in [0.1, 0.15) is 23.9 Å². The van der Waals surface area contributed by atoms with Crippen LogP contribution in [0.2, 0.25) is 0 Å². The number of esters is 1. The predicted octanol–water partition coefficient (Wildman–Crippen LogP) is 5.87. The molecule has 0 unspecified atom stereocenters. The molecule has 1 aromatic heterocycles. The lowest BCUT2D eigenvalue weighted by atomic mass is 10.0. The number of halogens is 2. The van der Waals surface area contributed by atoms with Gasteiger partial charge in [0.15, 0.2) is 0 Å². The second-order valence-corrected chi connectivity index (χ2v) is 8.66. The lowest BCUT2D eigenvalue weighted by molar-refractivity contribution is -0.136. The van der Waals surface area contributed by atoms with Crippen LogP contribution in [0.25, 0.3) is 11.8 Å². The largest absolute Gasteiger partial charge is 0.465 e. The maximum atomic E-state index is 14.5. The molecule has 0 saturated carbocycles. The fourth-order valence-electron chi connectivity index (χ4n) is 4.17. The Morgan fingerprint density at radius 3 is 2.36 bits per heavy atom. The molecule has 3 aromatic rings. The number of allylic oxidation sites excluding steroid dienone is 1. The number of carbonyl (C=O) groups is 2. The van der Waals surface area contributed by atoms with Gasteiger partial charge < -0.3 is 9.30 Å². The number of carbonyl (C=O) groups excluding carboxylic acids is 2. The number of benzene rings is 2. The van der Waals surface area contributed by atoms with E-state index in [1.54, 1.807) is 47.9 Å². The van der Waals surface area contributed by atoms with Gasteiger partial charge in [-0.25, -0.2) is 9.18 Å². The summed E-state index contributed by atoms with van der Waals surface area (Å²) in [4.78, 5) is 27.7. The minimum atomic E-state index is -0.588. The van der Waals surface area contributed by atoms with Gasteiger partial charge in [-0.3, -0.25) is 9.69 Å². The second kappa shape index (κ2) is 8.83. The molecule has 0 spiro atoms. The molecule has 5 nitrogen and oxygen atoms in total. The number of methoxy groups -OCH3 is 1. The summed E-state index contributed by atoms with van der Waals surface area (Å²) in [6.07, 6.45) is 1.68. The first-order valence-corrected chi connectivity index (χ1v) is 11.1. The Labute approximate surface area is 199 Å². The Kier molecular flexibility index (Phi) is 6.08. The smallest absolute Gasteiger partial charge is 0.340 e. The molecule has 2 aromatic carbocycles. The van der Waals surface area contributed by atoms with E-state index in [0.29, 0.717) is 22.6 Å². The van der Waals surface area contributed by atoms with E-state index < -0.39 is 5.97 Å². The van der Waals surface area contributed by atoms with E-state index >= 15 is 0 Å². The first-order valence-electron chi connectivity index (χ1n) is 10.3. The van der Waals surface area contributed by atoms with Gasteiger partial charge in [0, 0.05) is 27.2 Å². The van der Waals surface area contributed by atoms with E-state index in [1.165, 1.54) is 18.1 Å². The Morgan fingerprint density at radius 2 is 1.73 bits per heavy atom. The normalized spacial score (nSPS) is 15.0. The van der Waals surface area contributed by atoms with Crippen LogP contribution in [0.5, 0.6) is 0 Å². The van der Waals surface area contributed by atoms with Crippen molar-refractivity contribution >= 4 is 39.6 Å². The standard InChI is InChI=1S/C26H22BrFN2O3/c1-15-13-18(16(2)29(15)23-8-6-5-7-22(23)28)14-21-24(26(32)33-4)17(3)30(25(21)31)20-11-9-19(27)10-12-20/h5-14H,1-4H3/b21-14-. The summed E-state index contributed by atoms with van der Waals surface area (Å²) in [6.45, 7) is 5.44. The summed E-state index contributed by atoms with van der Waals surface area (Å²) in [5.74, 6) is -1.26. The van der Waals surface area contributed by atoms with Gasteiger partial charge in [0.05, 0.1) is 23.9 Å². The fraction of sp³-hybridized carbons (Fsp3) is 0.154. The topological polar surface area (TPSA) is 51.5 Å². The third-order valence-corrected chi connectivity index (χ3v) is 6.27. The molecule has 7 heteroatoms. The number of ether oxygens (including phenoxy) is 1. The van der Waals surface area contributed by atoms with Crippen molar-refractivity contribution in [1.29, 1.82) is 0 Å². The van der Waals surface area contributed by atoms with Gasteiger partial charge in [-0.15, -0.1) is 0 Å². The first kappa shape index (κ1) is 22.7. The number of anilines is 1. The minimum absolute atomic E-state index is 0.209. The lowest BCUT2D eigenvalue weighted by Gasteiger charge is -2.18. The van der Waals surface area contributed by atoms with Crippen LogP contribution in [-0.4, -0.2) is 23.6 Å². The Morgan fingerprint density at radius 1 is 1.06 bits per heavy atom. The second-order valence-electron chi connectivity index (χ2n) is 7.74. The fourth-order valence-corrected chi connectivity index (χ4v) is 4.44. The van der Waals surface area contributed by atoms with Crippen molar-refractivity contribution in [3.8, 4) is 5.69 Å². The number of aromatic nitrogens is 1. The van der Waals surface area contributed by atoms with Crippen molar-refractivity contribution in [1.82, 2.24) is 4.57 Å². The number of rotatable bonds is 4. The molecule has 0 atom stereocenters. The molecule has 4 rings (SSSR count). The molecule has 0 saturated heterocycles. The Hall–Kier alpha value is -3.45. The molecule has 1 aliphatic rings. The number of para-hydroxylation sites is 1.